The molecule has 36 heavy (non-hydrogen) atoms. The standard InChI is InChI=1S/C26H20N2O6S2/c1-3-34-16-10-11-17-19(13-16)36-26(27-17)28-21(14-6-8-15(9-7-14)25(32)33-2)20(23(30)24(28)31)22(29)18-5-4-12-35-18/h4-13,21,30H,3H2,1-2H3/t21-/m1/s1. The largest absolute Gasteiger partial charge is 0.503 e. The van der Waals surface area contributed by atoms with Crippen LogP contribution in [0.2, 0.25) is 0 Å². The molecule has 8 nitrogen and oxygen atoms in total. The Hall–Kier alpha value is -4.02. The molecule has 0 saturated heterocycles. The molecule has 0 unspecified atom stereocenters. The van der Waals surface area contributed by atoms with E-state index in [1.165, 1.54) is 34.7 Å². The number of hydrogen-bond acceptors (Lipinski definition) is 9. The average molecular weight is 521 g/mol. The first-order valence-corrected chi connectivity index (χ1v) is 12.7. The molecule has 2 aromatic carbocycles. The van der Waals surface area contributed by atoms with Crippen LogP contribution in [0.4, 0.5) is 5.13 Å². The quantitative estimate of drug-likeness (QED) is 0.259. The summed E-state index contributed by atoms with van der Waals surface area (Å²) < 4.78 is 11.1. The number of benzene rings is 2. The van der Waals surface area contributed by atoms with Crippen LogP contribution in [0.15, 0.2) is 71.3 Å². The lowest BCUT2D eigenvalue weighted by Gasteiger charge is -2.24. The number of hydrogen-bond donors (Lipinski definition) is 1. The van der Waals surface area contributed by atoms with Gasteiger partial charge in [0, 0.05) is 0 Å². The Bertz CT molecular complexity index is 1510. The van der Waals surface area contributed by atoms with E-state index in [1.807, 2.05) is 13.0 Å². The van der Waals surface area contributed by atoms with Gasteiger partial charge >= 0.3 is 5.97 Å². The third kappa shape index (κ3) is 4.04. The van der Waals surface area contributed by atoms with Gasteiger partial charge < -0.3 is 14.6 Å². The van der Waals surface area contributed by atoms with Crippen molar-refractivity contribution < 1.29 is 29.0 Å². The van der Waals surface area contributed by atoms with Crippen LogP contribution in [0.3, 0.4) is 0 Å². The summed E-state index contributed by atoms with van der Waals surface area (Å²) in [4.78, 5) is 45.1. The van der Waals surface area contributed by atoms with Crippen LogP contribution in [0, 0.1) is 0 Å². The molecule has 0 radical (unpaired) electrons. The maximum Gasteiger partial charge on any atom is 0.337 e. The Balaban J connectivity index is 1.63. The van der Waals surface area contributed by atoms with Crippen molar-refractivity contribution in [3.05, 3.63) is 87.3 Å². The number of ketones is 1. The number of ether oxygens (including phenoxy) is 2. The van der Waals surface area contributed by atoms with Crippen LogP contribution in [-0.2, 0) is 9.53 Å². The fourth-order valence-corrected chi connectivity index (χ4v) is 5.76. The molecule has 0 fully saturated rings. The van der Waals surface area contributed by atoms with Crippen LogP contribution in [-0.4, -0.2) is 41.5 Å². The monoisotopic (exact) mass is 520 g/mol. The summed E-state index contributed by atoms with van der Waals surface area (Å²) in [7, 11) is 1.29. The molecule has 1 aliphatic heterocycles. The molecule has 3 heterocycles. The highest BCUT2D eigenvalue weighted by atomic mass is 32.1. The van der Waals surface area contributed by atoms with Gasteiger partial charge in [-0.05, 0) is 54.3 Å². The third-order valence-electron chi connectivity index (χ3n) is 5.71. The predicted octanol–water partition coefficient (Wildman–Crippen LogP) is 5.33. The summed E-state index contributed by atoms with van der Waals surface area (Å²) in [6, 6.07) is 14.3. The number of fused-ring (bicyclic) bond motifs is 1. The maximum absolute atomic E-state index is 13.4. The molecule has 0 bridgehead atoms. The number of thiazole rings is 1. The molecule has 0 saturated carbocycles. The Kier molecular flexibility index (Phi) is 6.29. The maximum atomic E-state index is 13.4. The first kappa shape index (κ1) is 23.7. The van der Waals surface area contributed by atoms with E-state index in [2.05, 4.69) is 4.98 Å². The topological polar surface area (TPSA) is 106 Å². The number of Topliss-reactive ketones (excluding diaryl/α,β-unsaturated/α-hetero) is 1. The molecular weight excluding hydrogens is 500 g/mol. The molecule has 2 aromatic heterocycles. The van der Waals surface area contributed by atoms with Gasteiger partial charge in [0.25, 0.3) is 5.91 Å². The minimum Gasteiger partial charge on any atom is -0.503 e. The zero-order valence-corrected chi connectivity index (χ0v) is 20.9. The van der Waals surface area contributed by atoms with Gasteiger partial charge in [0.2, 0.25) is 5.78 Å². The van der Waals surface area contributed by atoms with Gasteiger partial charge in [-0.2, -0.15) is 0 Å². The van der Waals surface area contributed by atoms with Crippen LogP contribution in [0.25, 0.3) is 10.2 Å². The number of aliphatic hydroxyl groups is 1. The highest BCUT2D eigenvalue weighted by molar-refractivity contribution is 7.22. The molecule has 1 N–H and O–H groups in total. The van der Waals surface area contributed by atoms with Gasteiger partial charge in [-0.3, -0.25) is 14.5 Å². The summed E-state index contributed by atoms with van der Waals surface area (Å²) in [6.07, 6.45) is 0. The number of carbonyl (C=O) groups is 3. The summed E-state index contributed by atoms with van der Waals surface area (Å²) in [5.41, 5.74) is 1.47. The Labute approximate surface area is 214 Å². The van der Waals surface area contributed by atoms with E-state index in [1.54, 1.807) is 53.9 Å². The Morgan fingerprint density at radius 2 is 1.92 bits per heavy atom. The lowest BCUT2D eigenvalue weighted by atomic mass is 9.95. The van der Waals surface area contributed by atoms with Gasteiger partial charge in [-0.1, -0.05) is 29.5 Å². The van der Waals surface area contributed by atoms with Crippen molar-refractivity contribution >= 4 is 55.7 Å². The predicted molar refractivity (Wildman–Crippen MR) is 137 cm³/mol. The molecule has 1 atom stereocenters. The van der Waals surface area contributed by atoms with Gasteiger partial charge in [0.15, 0.2) is 10.9 Å². The van der Waals surface area contributed by atoms with Crippen LogP contribution in [0.1, 0.15) is 38.6 Å². The number of aliphatic hydroxyl groups excluding tert-OH is 1. The van der Waals surface area contributed by atoms with E-state index in [9.17, 15) is 19.5 Å². The van der Waals surface area contributed by atoms with Crippen molar-refractivity contribution in [1.82, 2.24) is 4.98 Å². The summed E-state index contributed by atoms with van der Waals surface area (Å²) in [6.45, 7) is 2.40. The first-order chi connectivity index (χ1) is 17.4. The van der Waals surface area contributed by atoms with Crippen molar-refractivity contribution in [1.29, 1.82) is 0 Å². The number of amides is 1. The van der Waals surface area contributed by atoms with Crippen LogP contribution >= 0.6 is 22.7 Å². The number of esters is 1. The molecule has 1 aliphatic rings. The zero-order valence-electron chi connectivity index (χ0n) is 19.3. The van der Waals surface area contributed by atoms with Crippen molar-refractivity contribution in [2.24, 2.45) is 0 Å². The second kappa shape index (κ2) is 9.56. The van der Waals surface area contributed by atoms with Gasteiger partial charge in [0.05, 0.1) is 46.0 Å². The van der Waals surface area contributed by atoms with Crippen LogP contribution < -0.4 is 9.64 Å². The summed E-state index contributed by atoms with van der Waals surface area (Å²) in [5, 5.41) is 13.0. The molecule has 10 heteroatoms. The van der Waals surface area contributed by atoms with E-state index < -0.39 is 29.5 Å². The molecule has 0 aliphatic carbocycles. The third-order valence-corrected chi connectivity index (χ3v) is 7.60. The van der Waals surface area contributed by atoms with Crippen molar-refractivity contribution in [3.8, 4) is 5.75 Å². The number of aromatic nitrogens is 1. The first-order valence-electron chi connectivity index (χ1n) is 11.0. The van der Waals surface area contributed by atoms with Gasteiger partial charge in [-0.15, -0.1) is 11.3 Å². The van der Waals surface area contributed by atoms with Crippen molar-refractivity contribution in [2.45, 2.75) is 13.0 Å². The molecule has 182 valence electrons. The molecular formula is C26H20N2O6S2. The van der Waals surface area contributed by atoms with E-state index in [4.69, 9.17) is 9.47 Å². The number of carbonyl (C=O) groups excluding carboxylic acids is 3. The summed E-state index contributed by atoms with van der Waals surface area (Å²) in [5.74, 6) is -1.62. The minimum absolute atomic E-state index is 0.0393. The van der Waals surface area contributed by atoms with E-state index in [0.717, 1.165) is 4.70 Å². The number of anilines is 1. The number of rotatable bonds is 7. The van der Waals surface area contributed by atoms with Crippen molar-refractivity contribution in [3.63, 3.8) is 0 Å². The molecule has 5 rings (SSSR count). The number of nitrogens with zero attached hydrogens (tertiary/aromatic N) is 2. The normalized spacial score (nSPS) is 15.6. The second-order valence-corrected chi connectivity index (χ2v) is 9.78. The molecule has 1 amide bonds. The minimum atomic E-state index is -0.939. The van der Waals surface area contributed by atoms with E-state index in [0.29, 0.717) is 39.0 Å². The molecule has 0 spiro atoms. The number of methoxy groups -OCH3 is 1. The zero-order chi connectivity index (χ0) is 25.4. The highest BCUT2D eigenvalue weighted by Crippen LogP contribution is 2.44. The SMILES string of the molecule is CCOc1ccc2nc(N3C(=O)C(O)=C(C(=O)c4cccs4)[C@H]3c3ccc(C(=O)OC)cc3)sc2c1. The average Bonchev–Trinajstić information content (AvgIpc) is 3.62. The lowest BCUT2D eigenvalue weighted by molar-refractivity contribution is -0.117. The summed E-state index contributed by atoms with van der Waals surface area (Å²) >= 11 is 2.48. The van der Waals surface area contributed by atoms with E-state index in [-0.39, 0.29) is 5.57 Å². The fourth-order valence-electron chi connectivity index (χ4n) is 4.06. The number of thiophene rings is 1. The smallest absolute Gasteiger partial charge is 0.337 e. The Morgan fingerprint density at radius 3 is 2.58 bits per heavy atom. The highest BCUT2D eigenvalue weighted by Gasteiger charge is 2.46. The van der Waals surface area contributed by atoms with Gasteiger partial charge in [0.1, 0.15) is 5.75 Å². The molecule has 4 aromatic rings. The van der Waals surface area contributed by atoms with E-state index >= 15 is 0 Å². The van der Waals surface area contributed by atoms with Gasteiger partial charge in [-0.25, -0.2) is 9.78 Å². The lowest BCUT2D eigenvalue weighted by Crippen LogP contribution is -2.31. The fraction of sp³-hybridized carbons (Fsp3) is 0.154. The van der Waals surface area contributed by atoms with Crippen molar-refractivity contribution in [2.75, 3.05) is 18.6 Å². The second-order valence-electron chi connectivity index (χ2n) is 7.82. The Morgan fingerprint density at radius 1 is 1.14 bits per heavy atom. The van der Waals surface area contributed by atoms with Crippen LogP contribution in [0.5, 0.6) is 5.75 Å².